The van der Waals surface area contributed by atoms with Crippen molar-refractivity contribution in [3.05, 3.63) is 59.4 Å². The normalized spacial score (nSPS) is 17.8. The maximum absolute atomic E-state index is 13.6. The number of methoxy groups -OCH3 is 1. The standard InChI is InChI=1S/C18H16FNO4/c1-11-9-16(14-8-7-12(22-2)10-17(14)23-11)20-24-18(21)13-5-3-4-6-15(13)19/h3-8,10-11H,9H2,1-2H3/b20-16-/t11-/m0/s1. The summed E-state index contributed by atoms with van der Waals surface area (Å²) < 4.78 is 24.5. The molecule has 1 heterocycles. The molecule has 0 spiro atoms. The number of fused-ring (bicyclic) bond motifs is 1. The predicted octanol–water partition coefficient (Wildman–Crippen LogP) is 3.57. The molecule has 0 amide bonds. The van der Waals surface area contributed by atoms with Gasteiger partial charge in [-0.2, -0.15) is 0 Å². The van der Waals surface area contributed by atoms with E-state index in [-0.39, 0.29) is 11.7 Å². The summed E-state index contributed by atoms with van der Waals surface area (Å²) in [6, 6.07) is 10.9. The molecule has 0 unspecified atom stereocenters. The van der Waals surface area contributed by atoms with Crippen molar-refractivity contribution in [2.45, 2.75) is 19.4 Å². The quantitative estimate of drug-likeness (QED) is 0.638. The van der Waals surface area contributed by atoms with Crippen LogP contribution in [0.1, 0.15) is 29.3 Å². The lowest BCUT2D eigenvalue weighted by Gasteiger charge is -2.24. The molecule has 0 radical (unpaired) electrons. The fourth-order valence-corrected chi connectivity index (χ4v) is 2.47. The van der Waals surface area contributed by atoms with Crippen molar-refractivity contribution in [1.82, 2.24) is 0 Å². The summed E-state index contributed by atoms with van der Waals surface area (Å²) in [6.45, 7) is 1.89. The van der Waals surface area contributed by atoms with Crippen LogP contribution in [-0.2, 0) is 4.84 Å². The van der Waals surface area contributed by atoms with Crippen molar-refractivity contribution in [2.75, 3.05) is 7.11 Å². The van der Waals surface area contributed by atoms with Crippen LogP contribution in [0.4, 0.5) is 4.39 Å². The fraction of sp³-hybridized carbons (Fsp3) is 0.222. The number of carbonyl (C=O) groups is 1. The van der Waals surface area contributed by atoms with Gasteiger partial charge in [0.05, 0.1) is 18.4 Å². The molecule has 0 N–H and O–H groups in total. The van der Waals surface area contributed by atoms with Crippen molar-refractivity contribution < 1.29 is 23.5 Å². The Kier molecular flexibility index (Phi) is 4.46. The Labute approximate surface area is 138 Å². The van der Waals surface area contributed by atoms with Crippen molar-refractivity contribution in [3.63, 3.8) is 0 Å². The predicted molar refractivity (Wildman–Crippen MR) is 86.1 cm³/mol. The maximum atomic E-state index is 13.6. The number of hydrogen-bond acceptors (Lipinski definition) is 5. The van der Waals surface area contributed by atoms with E-state index in [1.807, 2.05) is 6.92 Å². The van der Waals surface area contributed by atoms with Gasteiger partial charge in [-0.25, -0.2) is 9.18 Å². The van der Waals surface area contributed by atoms with Crippen LogP contribution in [0.25, 0.3) is 0 Å². The number of rotatable bonds is 3. The molecule has 0 fully saturated rings. The summed E-state index contributed by atoms with van der Waals surface area (Å²) in [7, 11) is 1.57. The van der Waals surface area contributed by atoms with Crippen LogP contribution in [0, 0.1) is 5.82 Å². The van der Waals surface area contributed by atoms with Gasteiger partial charge in [0.15, 0.2) is 0 Å². The molecule has 6 heteroatoms. The Morgan fingerprint density at radius 1 is 1.29 bits per heavy atom. The van der Waals surface area contributed by atoms with Gasteiger partial charge in [0.2, 0.25) is 0 Å². The van der Waals surface area contributed by atoms with Crippen LogP contribution in [0.3, 0.4) is 0 Å². The van der Waals surface area contributed by atoms with Crippen LogP contribution < -0.4 is 9.47 Å². The molecule has 3 rings (SSSR count). The first kappa shape index (κ1) is 16.0. The van der Waals surface area contributed by atoms with Crippen molar-refractivity contribution >= 4 is 11.7 Å². The minimum absolute atomic E-state index is 0.129. The second-order valence-corrected chi connectivity index (χ2v) is 5.39. The first-order chi connectivity index (χ1) is 11.6. The van der Waals surface area contributed by atoms with E-state index in [0.29, 0.717) is 23.6 Å². The molecule has 0 saturated carbocycles. The highest BCUT2D eigenvalue weighted by Gasteiger charge is 2.24. The lowest BCUT2D eigenvalue weighted by molar-refractivity contribution is 0.0507. The molecule has 1 aliphatic rings. The number of benzene rings is 2. The van der Waals surface area contributed by atoms with E-state index in [1.165, 1.54) is 18.2 Å². The molecule has 124 valence electrons. The van der Waals surface area contributed by atoms with Gasteiger partial charge in [-0.1, -0.05) is 17.3 Å². The molecule has 0 bridgehead atoms. The second-order valence-electron chi connectivity index (χ2n) is 5.39. The monoisotopic (exact) mass is 329 g/mol. The molecule has 0 aromatic heterocycles. The third-order valence-corrected chi connectivity index (χ3v) is 3.64. The number of carbonyl (C=O) groups excluding carboxylic acids is 1. The second kappa shape index (κ2) is 6.70. The first-order valence-corrected chi connectivity index (χ1v) is 7.46. The molecule has 2 aromatic rings. The van der Waals surface area contributed by atoms with E-state index >= 15 is 0 Å². The zero-order chi connectivity index (χ0) is 17.1. The van der Waals surface area contributed by atoms with Gasteiger partial charge in [0.1, 0.15) is 23.4 Å². The molecule has 1 aliphatic heterocycles. The lowest BCUT2D eigenvalue weighted by Crippen LogP contribution is -2.25. The van der Waals surface area contributed by atoms with E-state index in [2.05, 4.69) is 5.16 Å². The SMILES string of the molecule is COc1ccc2c(c1)O[C@@H](C)C/C2=N/OC(=O)c1ccccc1F. The first-order valence-electron chi connectivity index (χ1n) is 7.46. The highest BCUT2D eigenvalue weighted by Crippen LogP contribution is 2.31. The number of oxime groups is 1. The van der Waals surface area contributed by atoms with Crippen LogP contribution in [0.2, 0.25) is 0 Å². The molecule has 1 atom stereocenters. The van der Waals surface area contributed by atoms with Gasteiger partial charge in [-0.05, 0) is 31.2 Å². The van der Waals surface area contributed by atoms with Gasteiger partial charge in [0, 0.05) is 18.1 Å². The molecule has 0 saturated heterocycles. The topological polar surface area (TPSA) is 57.1 Å². The summed E-state index contributed by atoms with van der Waals surface area (Å²) in [4.78, 5) is 16.9. The van der Waals surface area contributed by atoms with E-state index < -0.39 is 11.8 Å². The third-order valence-electron chi connectivity index (χ3n) is 3.64. The van der Waals surface area contributed by atoms with E-state index in [9.17, 15) is 9.18 Å². The van der Waals surface area contributed by atoms with Crippen molar-refractivity contribution in [1.29, 1.82) is 0 Å². The average molecular weight is 329 g/mol. The average Bonchev–Trinajstić information content (AvgIpc) is 2.59. The van der Waals surface area contributed by atoms with E-state index in [0.717, 1.165) is 5.56 Å². The van der Waals surface area contributed by atoms with E-state index in [1.54, 1.807) is 31.4 Å². The number of nitrogens with zero attached hydrogens (tertiary/aromatic N) is 1. The summed E-state index contributed by atoms with van der Waals surface area (Å²) in [6.07, 6.45) is 0.347. The Bertz CT molecular complexity index is 803. The molecular weight excluding hydrogens is 313 g/mol. The van der Waals surface area contributed by atoms with Crippen molar-refractivity contribution in [2.24, 2.45) is 5.16 Å². The molecular formula is C18H16FNO4. The maximum Gasteiger partial charge on any atom is 0.368 e. The number of hydrogen-bond donors (Lipinski definition) is 0. The Hall–Kier alpha value is -2.89. The Morgan fingerprint density at radius 3 is 2.83 bits per heavy atom. The largest absolute Gasteiger partial charge is 0.497 e. The third kappa shape index (κ3) is 3.22. The Morgan fingerprint density at radius 2 is 2.08 bits per heavy atom. The molecule has 5 nitrogen and oxygen atoms in total. The van der Waals surface area contributed by atoms with Crippen LogP contribution in [-0.4, -0.2) is 24.9 Å². The summed E-state index contributed by atoms with van der Waals surface area (Å²) in [5.74, 6) is -0.220. The Balaban J connectivity index is 1.86. The number of halogens is 1. The van der Waals surface area contributed by atoms with Gasteiger partial charge in [-0.3, -0.25) is 0 Å². The van der Waals surface area contributed by atoms with Crippen LogP contribution in [0.5, 0.6) is 11.5 Å². The van der Waals surface area contributed by atoms with Gasteiger partial charge < -0.3 is 14.3 Å². The summed E-state index contributed by atoms with van der Waals surface area (Å²) in [5.41, 5.74) is 1.13. The zero-order valence-corrected chi connectivity index (χ0v) is 13.3. The zero-order valence-electron chi connectivity index (χ0n) is 13.3. The molecule has 24 heavy (non-hydrogen) atoms. The van der Waals surface area contributed by atoms with E-state index in [4.69, 9.17) is 14.3 Å². The van der Waals surface area contributed by atoms with Gasteiger partial charge >= 0.3 is 5.97 Å². The lowest BCUT2D eigenvalue weighted by atomic mass is 10.0. The summed E-state index contributed by atoms with van der Waals surface area (Å²) >= 11 is 0. The fourth-order valence-electron chi connectivity index (χ4n) is 2.47. The molecule has 2 aromatic carbocycles. The minimum Gasteiger partial charge on any atom is -0.497 e. The molecule has 0 aliphatic carbocycles. The number of ether oxygens (including phenoxy) is 2. The smallest absolute Gasteiger partial charge is 0.368 e. The minimum atomic E-state index is -0.838. The van der Waals surface area contributed by atoms with Crippen LogP contribution in [0.15, 0.2) is 47.6 Å². The van der Waals surface area contributed by atoms with Crippen molar-refractivity contribution in [3.8, 4) is 11.5 Å². The van der Waals surface area contributed by atoms with Gasteiger partial charge in [0.25, 0.3) is 0 Å². The highest BCUT2D eigenvalue weighted by atomic mass is 19.1. The van der Waals surface area contributed by atoms with Crippen LogP contribution >= 0.6 is 0 Å². The highest BCUT2D eigenvalue weighted by molar-refractivity contribution is 6.04. The van der Waals surface area contributed by atoms with Gasteiger partial charge in [-0.15, -0.1) is 0 Å². The summed E-state index contributed by atoms with van der Waals surface area (Å²) in [5, 5.41) is 3.93.